The minimum absolute atomic E-state index is 0.0431. The molecule has 10 nitrogen and oxygen atoms in total. The lowest BCUT2D eigenvalue weighted by Gasteiger charge is -2.21. The van der Waals surface area contributed by atoms with Crippen molar-refractivity contribution in [2.75, 3.05) is 25.0 Å². The summed E-state index contributed by atoms with van der Waals surface area (Å²) in [6.45, 7) is 3.33. The molecule has 0 bridgehead atoms. The van der Waals surface area contributed by atoms with E-state index in [9.17, 15) is 22.8 Å². The van der Waals surface area contributed by atoms with E-state index in [1.165, 1.54) is 45.3 Å². The van der Waals surface area contributed by atoms with Crippen LogP contribution in [0, 0.1) is 0 Å². The van der Waals surface area contributed by atoms with E-state index in [1.54, 1.807) is 31.2 Å². The molecule has 0 saturated carbocycles. The summed E-state index contributed by atoms with van der Waals surface area (Å²) < 4.78 is 37.3. The average Bonchev–Trinajstić information content (AvgIpc) is 2.78. The van der Waals surface area contributed by atoms with Crippen molar-refractivity contribution in [2.45, 2.75) is 24.8 Å². The van der Waals surface area contributed by atoms with Gasteiger partial charge >= 0.3 is 12.0 Å². The Morgan fingerprint density at radius 3 is 2.28 bits per heavy atom. The lowest BCUT2D eigenvalue weighted by atomic mass is 10.2. The predicted molar refractivity (Wildman–Crippen MR) is 117 cm³/mol. The van der Waals surface area contributed by atoms with Gasteiger partial charge in [-0.1, -0.05) is 12.1 Å². The van der Waals surface area contributed by atoms with Crippen LogP contribution in [-0.4, -0.2) is 53.1 Å². The number of anilines is 1. The first-order chi connectivity index (χ1) is 15.1. The zero-order chi connectivity index (χ0) is 23.9. The third-order valence-corrected chi connectivity index (χ3v) is 6.19. The number of carbonyl (C=O) groups is 3. The van der Waals surface area contributed by atoms with Gasteiger partial charge in [0.15, 0.2) is 6.10 Å². The third kappa shape index (κ3) is 5.76. The van der Waals surface area contributed by atoms with Gasteiger partial charge in [0.2, 0.25) is 0 Å². The van der Waals surface area contributed by atoms with Crippen LogP contribution in [-0.2, 0) is 19.6 Å². The standard InChI is InChI=1S/C21H25N3O7S/c1-5-22-21(27)23-19(25)14(2)31-20(26)15-10-12-16(13-11-15)32(28,29)24(3)17-8-6-7-9-18(17)30-4/h6-14H,5H2,1-4H3,(H2,22,23,25,27)/t14-/m1/s1. The summed E-state index contributed by atoms with van der Waals surface area (Å²) in [6, 6.07) is 11.0. The maximum Gasteiger partial charge on any atom is 0.338 e. The molecule has 2 rings (SSSR count). The van der Waals surface area contributed by atoms with Crippen molar-refractivity contribution in [1.82, 2.24) is 10.6 Å². The van der Waals surface area contributed by atoms with E-state index >= 15 is 0 Å². The summed E-state index contributed by atoms with van der Waals surface area (Å²) in [5.41, 5.74) is 0.395. The highest BCUT2D eigenvalue weighted by atomic mass is 32.2. The smallest absolute Gasteiger partial charge is 0.338 e. The minimum Gasteiger partial charge on any atom is -0.495 e. The molecule has 0 fully saturated rings. The molecule has 0 aliphatic carbocycles. The van der Waals surface area contributed by atoms with Crippen LogP contribution in [0.4, 0.5) is 10.5 Å². The van der Waals surface area contributed by atoms with Crippen LogP contribution < -0.4 is 19.7 Å². The summed E-state index contributed by atoms with van der Waals surface area (Å²) in [5, 5.41) is 4.43. The van der Waals surface area contributed by atoms with Crippen molar-refractivity contribution in [3.63, 3.8) is 0 Å². The Morgan fingerprint density at radius 1 is 1.06 bits per heavy atom. The van der Waals surface area contributed by atoms with Crippen LogP contribution in [0.25, 0.3) is 0 Å². The molecule has 2 aromatic carbocycles. The highest BCUT2D eigenvalue weighted by molar-refractivity contribution is 7.92. The molecule has 1 atom stereocenters. The van der Waals surface area contributed by atoms with Crippen molar-refractivity contribution < 1.29 is 32.3 Å². The monoisotopic (exact) mass is 463 g/mol. The van der Waals surface area contributed by atoms with Crippen LogP contribution >= 0.6 is 0 Å². The number of hydrogen-bond acceptors (Lipinski definition) is 7. The molecule has 0 spiro atoms. The van der Waals surface area contributed by atoms with Gasteiger partial charge in [-0.25, -0.2) is 18.0 Å². The first-order valence-electron chi connectivity index (χ1n) is 9.63. The zero-order valence-corrected chi connectivity index (χ0v) is 18.9. The molecule has 0 heterocycles. The number of esters is 1. The molecular formula is C21H25N3O7S. The number of rotatable bonds is 8. The van der Waals surface area contributed by atoms with E-state index in [0.29, 0.717) is 18.0 Å². The van der Waals surface area contributed by atoms with E-state index < -0.39 is 34.0 Å². The maximum absolute atomic E-state index is 13.0. The van der Waals surface area contributed by atoms with E-state index in [4.69, 9.17) is 9.47 Å². The molecule has 0 radical (unpaired) electrons. The van der Waals surface area contributed by atoms with Crippen LogP contribution in [0.5, 0.6) is 5.75 Å². The van der Waals surface area contributed by atoms with Gasteiger partial charge in [0.1, 0.15) is 5.75 Å². The number of hydrogen-bond donors (Lipinski definition) is 2. The number of carbonyl (C=O) groups excluding carboxylic acids is 3. The second kappa shape index (κ2) is 10.6. The minimum atomic E-state index is -3.93. The summed E-state index contributed by atoms with van der Waals surface area (Å²) in [5.74, 6) is -1.24. The zero-order valence-electron chi connectivity index (χ0n) is 18.1. The number of methoxy groups -OCH3 is 1. The molecule has 0 aliphatic heterocycles. The fourth-order valence-corrected chi connectivity index (χ4v) is 3.85. The molecule has 0 aliphatic rings. The van der Waals surface area contributed by atoms with E-state index in [0.717, 1.165) is 4.31 Å². The molecule has 2 aromatic rings. The van der Waals surface area contributed by atoms with Crippen LogP contribution in [0.15, 0.2) is 53.4 Å². The van der Waals surface area contributed by atoms with Gasteiger partial charge in [0.05, 0.1) is 23.3 Å². The summed E-state index contributed by atoms with van der Waals surface area (Å²) >= 11 is 0. The number of ether oxygens (including phenoxy) is 2. The van der Waals surface area contributed by atoms with Crippen LogP contribution in [0.1, 0.15) is 24.2 Å². The first-order valence-corrected chi connectivity index (χ1v) is 11.1. The predicted octanol–water partition coefficient (Wildman–Crippen LogP) is 1.91. The molecule has 3 amide bonds. The number of sulfonamides is 1. The van der Waals surface area contributed by atoms with Crippen molar-refractivity contribution in [3.05, 3.63) is 54.1 Å². The van der Waals surface area contributed by atoms with Gasteiger partial charge < -0.3 is 14.8 Å². The van der Waals surface area contributed by atoms with E-state index in [2.05, 4.69) is 5.32 Å². The van der Waals surface area contributed by atoms with Gasteiger partial charge in [0.25, 0.3) is 15.9 Å². The van der Waals surface area contributed by atoms with Gasteiger partial charge in [-0.3, -0.25) is 14.4 Å². The lowest BCUT2D eigenvalue weighted by molar-refractivity contribution is -0.127. The largest absolute Gasteiger partial charge is 0.495 e. The highest BCUT2D eigenvalue weighted by Crippen LogP contribution is 2.30. The average molecular weight is 464 g/mol. The number of imide groups is 1. The van der Waals surface area contributed by atoms with Crippen LogP contribution in [0.2, 0.25) is 0 Å². The number of nitrogens with zero attached hydrogens (tertiary/aromatic N) is 1. The second-order valence-electron chi connectivity index (χ2n) is 6.57. The highest BCUT2D eigenvalue weighted by Gasteiger charge is 2.25. The Labute approximate surface area is 186 Å². The Morgan fingerprint density at radius 2 is 1.69 bits per heavy atom. The number of nitrogens with one attached hydrogen (secondary N) is 2. The topological polar surface area (TPSA) is 131 Å². The van der Waals surface area contributed by atoms with Gasteiger partial charge in [-0.2, -0.15) is 0 Å². The first kappa shape index (κ1) is 24.7. The Kier molecular flexibility index (Phi) is 8.19. The van der Waals surface area contributed by atoms with E-state index in [-0.39, 0.29) is 10.5 Å². The Bertz CT molecular complexity index is 1080. The van der Waals surface area contributed by atoms with Crippen LogP contribution in [0.3, 0.4) is 0 Å². The number of para-hydroxylation sites is 2. The molecular weight excluding hydrogens is 438 g/mol. The summed E-state index contributed by atoms with van der Waals surface area (Å²) in [6.07, 6.45) is -1.23. The number of urea groups is 1. The normalized spacial score (nSPS) is 11.8. The lowest BCUT2D eigenvalue weighted by Crippen LogP contribution is -2.44. The number of amides is 3. The molecule has 11 heteroatoms. The fourth-order valence-electron chi connectivity index (χ4n) is 2.64. The second-order valence-corrected chi connectivity index (χ2v) is 8.53. The number of benzene rings is 2. The third-order valence-electron chi connectivity index (χ3n) is 4.40. The quantitative estimate of drug-likeness (QED) is 0.572. The van der Waals surface area contributed by atoms with E-state index in [1.807, 2.05) is 5.32 Å². The van der Waals surface area contributed by atoms with Crippen molar-refractivity contribution >= 4 is 33.6 Å². The fraction of sp³-hybridized carbons (Fsp3) is 0.286. The molecule has 2 N–H and O–H groups in total. The maximum atomic E-state index is 13.0. The van der Waals surface area contributed by atoms with Crippen molar-refractivity contribution in [3.8, 4) is 5.75 Å². The van der Waals surface area contributed by atoms with Crippen molar-refractivity contribution in [2.24, 2.45) is 0 Å². The molecule has 0 unspecified atom stereocenters. The molecule has 172 valence electrons. The summed E-state index contributed by atoms with van der Waals surface area (Å²) in [7, 11) is -1.10. The van der Waals surface area contributed by atoms with Gasteiger partial charge in [-0.15, -0.1) is 0 Å². The Hall–Kier alpha value is -3.60. The van der Waals surface area contributed by atoms with Gasteiger partial charge in [-0.05, 0) is 50.2 Å². The molecule has 0 saturated heterocycles. The van der Waals surface area contributed by atoms with Crippen molar-refractivity contribution in [1.29, 1.82) is 0 Å². The molecule has 0 aromatic heterocycles. The summed E-state index contributed by atoms with van der Waals surface area (Å²) in [4.78, 5) is 35.5. The Balaban J connectivity index is 2.12. The SMILES string of the molecule is CCNC(=O)NC(=O)[C@@H](C)OC(=O)c1ccc(S(=O)(=O)N(C)c2ccccc2OC)cc1. The molecule has 32 heavy (non-hydrogen) atoms. The van der Waals surface area contributed by atoms with Gasteiger partial charge in [0, 0.05) is 13.6 Å².